The molecule has 1 fully saturated rings. The smallest absolute Gasteiger partial charge is 0.137 e. The van der Waals surface area contributed by atoms with E-state index in [1.807, 2.05) is 0 Å². The van der Waals surface area contributed by atoms with Gasteiger partial charge in [0.1, 0.15) is 12.1 Å². The molecule has 1 aliphatic rings. The molecule has 18 heavy (non-hydrogen) atoms. The summed E-state index contributed by atoms with van der Waals surface area (Å²) in [4.78, 5) is 13.3. The van der Waals surface area contributed by atoms with Gasteiger partial charge in [0.2, 0.25) is 0 Å². The molecular weight excluding hydrogens is 231 g/mol. The van der Waals surface area contributed by atoms with Crippen molar-refractivity contribution in [3.8, 4) is 0 Å². The summed E-state index contributed by atoms with van der Waals surface area (Å²) in [7, 11) is 0. The number of hydrogen-bond donors (Lipinski definition) is 1. The van der Waals surface area contributed by atoms with Gasteiger partial charge >= 0.3 is 0 Å². The summed E-state index contributed by atoms with van der Waals surface area (Å²) in [6, 6.07) is 6.39. The van der Waals surface area contributed by atoms with Gasteiger partial charge in [-0.05, 0) is 49.5 Å². The van der Waals surface area contributed by atoms with Crippen molar-refractivity contribution in [2.24, 2.45) is 11.7 Å². The van der Waals surface area contributed by atoms with Crippen molar-refractivity contribution in [1.82, 2.24) is 4.90 Å². The van der Waals surface area contributed by atoms with Gasteiger partial charge in [0.15, 0.2) is 0 Å². The Bertz CT molecular complexity index is 393. The normalized spacial score (nSPS) is 25.0. The lowest BCUT2D eigenvalue weighted by Crippen LogP contribution is -2.44. The van der Waals surface area contributed by atoms with E-state index in [2.05, 4.69) is 4.90 Å². The number of carbonyl (C=O) groups excluding carboxylic acids is 1. The maximum absolute atomic E-state index is 12.8. The summed E-state index contributed by atoms with van der Waals surface area (Å²) in [6.45, 7) is 2.22. The lowest BCUT2D eigenvalue weighted by atomic mass is 9.91. The van der Waals surface area contributed by atoms with E-state index in [4.69, 9.17) is 5.73 Å². The van der Waals surface area contributed by atoms with Crippen LogP contribution in [-0.4, -0.2) is 30.3 Å². The molecule has 2 atom stereocenters. The van der Waals surface area contributed by atoms with Crippen LogP contribution in [0.25, 0.3) is 0 Å². The molecule has 0 aliphatic carbocycles. The van der Waals surface area contributed by atoms with Gasteiger partial charge in [0.05, 0.1) is 6.04 Å². The van der Waals surface area contributed by atoms with Crippen LogP contribution < -0.4 is 5.73 Å². The predicted molar refractivity (Wildman–Crippen MR) is 68.4 cm³/mol. The van der Waals surface area contributed by atoms with Gasteiger partial charge in [-0.15, -0.1) is 0 Å². The molecule has 0 aromatic heterocycles. The Labute approximate surface area is 107 Å². The van der Waals surface area contributed by atoms with Gasteiger partial charge in [-0.25, -0.2) is 4.39 Å². The summed E-state index contributed by atoms with van der Waals surface area (Å²) < 4.78 is 12.8. The molecule has 1 aromatic rings. The van der Waals surface area contributed by atoms with Crippen molar-refractivity contribution < 1.29 is 9.18 Å². The first kappa shape index (κ1) is 13.2. The molecule has 1 heterocycles. The van der Waals surface area contributed by atoms with E-state index in [-0.39, 0.29) is 11.9 Å². The van der Waals surface area contributed by atoms with E-state index >= 15 is 0 Å². The number of hydrogen-bond acceptors (Lipinski definition) is 3. The maximum Gasteiger partial charge on any atom is 0.137 e. The average molecular weight is 250 g/mol. The van der Waals surface area contributed by atoms with Crippen LogP contribution in [0.4, 0.5) is 4.39 Å². The molecule has 98 valence electrons. The summed E-state index contributed by atoms with van der Waals surface area (Å²) in [5, 5.41) is 0. The van der Waals surface area contributed by atoms with Crippen molar-refractivity contribution in [3.05, 3.63) is 35.6 Å². The van der Waals surface area contributed by atoms with Crippen molar-refractivity contribution in [3.63, 3.8) is 0 Å². The van der Waals surface area contributed by atoms with Crippen LogP contribution in [0.3, 0.4) is 0 Å². The van der Waals surface area contributed by atoms with E-state index in [0.717, 1.165) is 31.2 Å². The number of aldehydes is 1. The molecule has 0 spiro atoms. The molecule has 2 N–H and O–H groups in total. The predicted octanol–water partition coefficient (Wildman–Crippen LogP) is 1.56. The Morgan fingerprint density at radius 2 is 2.11 bits per heavy atom. The lowest BCUT2D eigenvalue weighted by Gasteiger charge is -2.36. The maximum atomic E-state index is 12.8. The minimum Gasteiger partial charge on any atom is -0.330 e. The van der Waals surface area contributed by atoms with E-state index in [1.54, 1.807) is 12.1 Å². The highest BCUT2D eigenvalue weighted by molar-refractivity contribution is 5.57. The highest BCUT2D eigenvalue weighted by Gasteiger charge is 2.27. The van der Waals surface area contributed by atoms with Crippen molar-refractivity contribution >= 4 is 6.29 Å². The van der Waals surface area contributed by atoms with Gasteiger partial charge in [0.25, 0.3) is 0 Å². The molecule has 3 nitrogen and oxygen atoms in total. The van der Waals surface area contributed by atoms with Crippen LogP contribution in [-0.2, 0) is 11.3 Å². The highest BCUT2D eigenvalue weighted by Crippen LogP contribution is 2.22. The van der Waals surface area contributed by atoms with E-state index in [1.165, 1.54) is 12.1 Å². The first-order valence-electron chi connectivity index (χ1n) is 6.36. The number of piperidine rings is 1. The van der Waals surface area contributed by atoms with Crippen LogP contribution in [0.2, 0.25) is 0 Å². The Kier molecular flexibility index (Phi) is 4.44. The molecule has 0 bridgehead atoms. The summed E-state index contributed by atoms with van der Waals surface area (Å²) in [6.07, 6.45) is 2.87. The molecule has 2 rings (SSSR count). The topological polar surface area (TPSA) is 46.3 Å². The van der Waals surface area contributed by atoms with E-state index < -0.39 is 0 Å². The van der Waals surface area contributed by atoms with Gasteiger partial charge in [-0.3, -0.25) is 4.90 Å². The molecule has 4 heteroatoms. The van der Waals surface area contributed by atoms with Crippen LogP contribution >= 0.6 is 0 Å². The summed E-state index contributed by atoms with van der Waals surface area (Å²) in [5.41, 5.74) is 6.70. The second-order valence-corrected chi connectivity index (χ2v) is 4.93. The second-order valence-electron chi connectivity index (χ2n) is 4.93. The molecule has 0 amide bonds. The largest absolute Gasteiger partial charge is 0.330 e. The van der Waals surface area contributed by atoms with Crippen molar-refractivity contribution in [2.75, 3.05) is 13.1 Å². The number of likely N-dealkylation sites (tertiary alicyclic amines) is 1. The molecule has 0 saturated carbocycles. The third-order valence-electron chi connectivity index (χ3n) is 3.66. The van der Waals surface area contributed by atoms with Crippen LogP contribution in [0.15, 0.2) is 24.3 Å². The Morgan fingerprint density at radius 1 is 1.39 bits per heavy atom. The molecule has 1 aromatic carbocycles. The lowest BCUT2D eigenvalue weighted by molar-refractivity contribution is -0.114. The number of benzene rings is 1. The van der Waals surface area contributed by atoms with Crippen LogP contribution in [0.1, 0.15) is 18.4 Å². The Morgan fingerprint density at radius 3 is 2.72 bits per heavy atom. The summed E-state index contributed by atoms with van der Waals surface area (Å²) in [5.74, 6) is 0.220. The Balaban J connectivity index is 1.99. The molecular formula is C14H19FN2O. The summed E-state index contributed by atoms with van der Waals surface area (Å²) >= 11 is 0. The zero-order valence-electron chi connectivity index (χ0n) is 10.4. The fourth-order valence-electron chi connectivity index (χ4n) is 2.50. The number of carbonyl (C=O) groups is 1. The molecule has 1 aliphatic heterocycles. The zero-order valence-corrected chi connectivity index (χ0v) is 10.4. The van der Waals surface area contributed by atoms with E-state index in [9.17, 15) is 9.18 Å². The second kappa shape index (κ2) is 6.07. The standard InChI is InChI=1S/C14H19FN2O/c15-13-3-1-11(2-4-13)9-17-6-5-12(8-16)7-14(17)10-18/h1-4,10,12,14H,5-9,16H2. The number of rotatable bonds is 4. The van der Waals surface area contributed by atoms with Crippen molar-refractivity contribution in [1.29, 1.82) is 0 Å². The van der Waals surface area contributed by atoms with E-state index in [0.29, 0.717) is 19.0 Å². The molecule has 2 unspecified atom stereocenters. The first-order valence-corrected chi connectivity index (χ1v) is 6.36. The minimum atomic E-state index is -0.229. The third kappa shape index (κ3) is 3.15. The average Bonchev–Trinajstić information content (AvgIpc) is 2.41. The molecule has 0 radical (unpaired) electrons. The first-order chi connectivity index (χ1) is 8.72. The SMILES string of the molecule is NCC1CCN(Cc2ccc(F)cc2)C(C=O)C1. The van der Waals surface area contributed by atoms with Gasteiger partial charge in [-0.1, -0.05) is 12.1 Å². The monoisotopic (exact) mass is 250 g/mol. The molecule has 1 saturated heterocycles. The van der Waals surface area contributed by atoms with Gasteiger partial charge in [0, 0.05) is 6.54 Å². The number of nitrogens with zero attached hydrogens (tertiary/aromatic N) is 1. The fourth-order valence-corrected chi connectivity index (χ4v) is 2.50. The van der Waals surface area contributed by atoms with Gasteiger partial charge < -0.3 is 10.5 Å². The van der Waals surface area contributed by atoms with Crippen LogP contribution in [0, 0.1) is 11.7 Å². The fraction of sp³-hybridized carbons (Fsp3) is 0.500. The zero-order chi connectivity index (χ0) is 13.0. The van der Waals surface area contributed by atoms with Gasteiger partial charge in [-0.2, -0.15) is 0 Å². The van der Waals surface area contributed by atoms with Crippen LogP contribution in [0.5, 0.6) is 0 Å². The number of nitrogens with two attached hydrogens (primary N) is 1. The minimum absolute atomic E-state index is 0.0580. The number of halogens is 1. The highest BCUT2D eigenvalue weighted by atomic mass is 19.1. The quantitative estimate of drug-likeness (QED) is 0.825. The Hall–Kier alpha value is -1.26. The van der Waals surface area contributed by atoms with Crippen molar-refractivity contribution in [2.45, 2.75) is 25.4 Å². The third-order valence-corrected chi connectivity index (χ3v) is 3.66.